The van der Waals surface area contributed by atoms with E-state index < -0.39 is 10.0 Å². The molecule has 0 radical (unpaired) electrons. The second kappa shape index (κ2) is 10.8. The highest BCUT2D eigenvalue weighted by atomic mass is 35.5. The van der Waals surface area contributed by atoms with E-state index in [-0.39, 0.29) is 27.5 Å². The lowest BCUT2D eigenvalue weighted by atomic mass is 9.87. The van der Waals surface area contributed by atoms with Gasteiger partial charge in [0.1, 0.15) is 4.90 Å². The maximum absolute atomic E-state index is 13.8. The normalized spacial score (nSPS) is 26.0. The highest BCUT2D eigenvalue weighted by Crippen LogP contribution is 2.40. The summed E-state index contributed by atoms with van der Waals surface area (Å²) in [5.74, 6) is 0. The van der Waals surface area contributed by atoms with Crippen LogP contribution in [0.5, 0.6) is 0 Å². The first-order chi connectivity index (χ1) is 16.5. The Kier molecular flexibility index (Phi) is 8.40. The Balaban J connectivity index is 1.47. The van der Waals surface area contributed by atoms with Crippen LogP contribution < -0.4 is 5.32 Å². The Morgan fingerprint density at radius 2 is 1.66 bits per heavy atom. The molecule has 2 saturated carbocycles. The number of nitrogens with one attached hydrogen (secondary N) is 1. The van der Waals surface area contributed by atoms with Gasteiger partial charge < -0.3 is 15.1 Å². The topological polar surface area (TPSA) is 59.1 Å². The van der Waals surface area contributed by atoms with E-state index in [1.165, 1.54) is 12.8 Å². The van der Waals surface area contributed by atoms with E-state index in [9.17, 15) is 8.42 Å². The Labute approximate surface area is 217 Å². The van der Waals surface area contributed by atoms with Gasteiger partial charge in [0.05, 0.1) is 5.02 Å². The number of rotatable bonds is 9. The average molecular weight is 526 g/mol. The summed E-state index contributed by atoms with van der Waals surface area (Å²) in [4.78, 5) is 7.33. The van der Waals surface area contributed by atoms with Crippen molar-refractivity contribution < 1.29 is 8.42 Å². The molecule has 35 heavy (non-hydrogen) atoms. The molecule has 198 valence electrons. The maximum Gasteiger partial charge on any atom is 0.244 e. The number of benzene rings is 1. The Bertz CT molecular complexity index is 976. The lowest BCUT2D eigenvalue weighted by molar-refractivity contribution is 0.0534. The molecule has 0 bridgehead atoms. The van der Waals surface area contributed by atoms with Gasteiger partial charge in [-0.1, -0.05) is 24.4 Å². The molecule has 1 N–H and O–H groups in total. The minimum atomic E-state index is -3.71. The number of hydrogen-bond donors (Lipinski definition) is 1. The van der Waals surface area contributed by atoms with Gasteiger partial charge in [-0.3, -0.25) is 4.90 Å². The molecule has 2 aliphatic carbocycles. The first-order valence-corrected chi connectivity index (χ1v) is 15.0. The molecule has 1 aromatic rings. The second-order valence-electron chi connectivity index (χ2n) is 11.3. The monoisotopic (exact) mass is 525 g/mol. The SMILES string of the molecule is CN1CCC(N(C)C2CCCCC2N(C)S(=O)(=O)c2ccc(NCC3(N(C)C)CC3)cc2Cl)CC1. The van der Waals surface area contributed by atoms with Crippen molar-refractivity contribution in [3.8, 4) is 0 Å². The van der Waals surface area contributed by atoms with Crippen molar-refractivity contribution in [1.82, 2.24) is 19.0 Å². The summed E-state index contributed by atoms with van der Waals surface area (Å²) in [6, 6.07) is 5.99. The lowest BCUT2D eigenvalue weighted by Gasteiger charge is -2.46. The van der Waals surface area contributed by atoms with E-state index in [1.807, 2.05) is 6.07 Å². The van der Waals surface area contributed by atoms with Crippen LogP contribution in [0, 0.1) is 0 Å². The molecule has 3 aliphatic rings. The number of hydrogen-bond acceptors (Lipinski definition) is 6. The van der Waals surface area contributed by atoms with Gasteiger partial charge in [-0.15, -0.1) is 0 Å². The van der Waals surface area contributed by atoms with E-state index in [0.717, 1.165) is 63.8 Å². The van der Waals surface area contributed by atoms with E-state index in [1.54, 1.807) is 23.5 Å². The molecule has 2 unspecified atom stereocenters. The predicted octanol–water partition coefficient (Wildman–Crippen LogP) is 3.80. The number of likely N-dealkylation sites (tertiary alicyclic amines) is 1. The average Bonchev–Trinajstić information content (AvgIpc) is 3.64. The molecule has 1 saturated heterocycles. The van der Waals surface area contributed by atoms with Crippen LogP contribution in [0.25, 0.3) is 0 Å². The Morgan fingerprint density at radius 3 is 2.23 bits per heavy atom. The minimum Gasteiger partial charge on any atom is -0.383 e. The summed E-state index contributed by atoms with van der Waals surface area (Å²) >= 11 is 6.59. The summed E-state index contributed by atoms with van der Waals surface area (Å²) in [6.07, 6.45) is 8.77. The quantitative estimate of drug-likeness (QED) is 0.529. The molecule has 0 spiro atoms. The fraction of sp³-hybridized carbons (Fsp3) is 0.769. The molecule has 0 amide bonds. The van der Waals surface area contributed by atoms with Crippen molar-refractivity contribution in [2.45, 2.75) is 79.9 Å². The van der Waals surface area contributed by atoms with Gasteiger partial charge in [-0.2, -0.15) is 4.31 Å². The van der Waals surface area contributed by atoms with Crippen LogP contribution in [0.4, 0.5) is 5.69 Å². The van der Waals surface area contributed by atoms with E-state index in [2.05, 4.69) is 48.2 Å². The molecule has 4 rings (SSSR count). The van der Waals surface area contributed by atoms with Gasteiger partial charge in [0.15, 0.2) is 0 Å². The number of nitrogens with zero attached hydrogens (tertiary/aromatic N) is 4. The minimum absolute atomic E-state index is 0.0397. The number of likely N-dealkylation sites (N-methyl/N-ethyl adjacent to an activating group) is 3. The van der Waals surface area contributed by atoms with Gasteiger partial charge in [-0.25, -0.2) is 8.42 Å². The molecule has 1 aliphatic heterocycles. The van der Waals surface area contributed by atoms with Crippen LogP contribution in [-0.4, -0.2) is 106 Å². The molecule has 2 atom stereocenters. The third kappa shape index (κ3) is 5.83. The highest BCUT2D eigenvalue weighted by molar-refractivity contribution is 7.89. The molecular weight excluding hydrogens is 482 g/mol. The first-order valence-electron chi connectivity index (χ1n) is 13.1. The van der Waals surface area contributed by atoms with Crippen molar-refractivity contribution >= 4 is 27.3 Å². The lowest BCUT2D eigenvalue weighted by Crippen LogP contribution is -2.56. The zero-order chi connectivity index (χ0) is 25.4. The molecule has 9 heteroatoms. The second-order valence-corrected chi connectivity index (χ2v) is 13.6. The molecule has 1 heterocycles. The largest absolute Gasteiger partial charge is 0.383 e. The Hall–Kier alpha value is -0.900. The third-order valence-corrected chi connectivity index (χ3v) is 11.3. The van der Waals surface area contributed by atoms with E-state index >= 15 is 0 Å². The molecule has 0 aromatic heterocycles. The predicted molar refractivity (Wildman–Crippen MR) is 145 cm³/mol. The van der Waals surface area contributed by atoms with Gasteiger partial charge in [-0.05, 0) is 98.0 Å². The maximum atomic E-state index is 13.8. The highest BCUT2D eigenvalue weighted by Gasteiger charge is 2.44. The first kappa shape index (κ1) is 27.1. The summed E-state index contributed by atoms with van der Waals surface area (Å²) in [5.41, 5.74) is 1.06. The summed E-state index contributed by atoms with van der Waals surface area (Å²) in [7, 11) is 6.63. The van der Waals surface area contributed by atoms with Gasteiger partial charge in [0.2, 0.25) is 10.0 Å². The van der Waals surface area contributed by atoms with Gasteiger partial charge in [0.25, 0.3) is 0 Å². The van der Waals surface area contributed by atoms with Crippen LogP contribution >= 0.6 is 11.6 Å². The zero-order valence-electron chi connectivity index (χ0n) is 22.1. The summed E-state index contributed by atoms with van der Waals surface area (Å²) in [6.45, 7) is 3.04. The zero-order valence-corrected chi connectivity index (χ0v) is 23.7. The Morgan fingerprint density at radius 1 is 1.03 bits per heavy atom. The van der Waals surface area contributed by atoms with Crippen LogP contribution in [0.2, 0.25) is 5.02 Å². The number of anilines is 1. The van der Waals surface area contributed by atoms with Crippen LogP contribution in [0.3, 0.4) is 0 Å². The van der Waals surface area contributed by atoms with Crippen molar-refractivity contribution in [3.05, 3.63) is 23.2 Å². The van der Waals surface area contributed by atoms with Crippen molar-refractivity contribution in [3.63, 3.8) is 0 Å². The smallest absolute Gasteiger partial charge is 0.244 e. The van der Waals surface area contributed by atoms with E-state index in [0.29, 0.717) is 6.04 Å². The van der Waals surface area contributed by atoms with Gasteiger partial charge >= 0.3 is 0 Å². The number of sulfonamides is 1. The van der Waals surface area contributed by atoms with Crippen molar-refractivity contribution in [2.24, 2.45) is 0 Å². The van der Waals surface area contributed by atoms with Crippen LogP contribution in [0.15, 0.2) is 23.1 Å². The standard InChI is InChI=1S/C26H44ClN5O2S/c1-29(2)26(14-15-26)19-28-20-10-11-25(22(27)18-20)35(33,34)32(5)24-9-7-6-8-23(24)31(4)21-12-16-30(3)17-13-21/h10-11,18,21,23-24,28H,6-9,12-17,19H2,1-5H3. The third-order valence-electron chi connectivity index (χ3n) is 8.93. The fourth-order valence-corrected chi connectivity index (χ4v) is 7.94. The number of halogens is 1. The van der Waals surface area contributed by atoms with Crippen LogP contribution in [-0.2, 0) is 10.0 Å². The fourth-order valence-electron chi connectivity index (χ4n) is 6.01. The molecule has 7 nitrogen and oxygen atoms in total. The molecule has 3 fully saturated rings. The van der Waals surface area contributed by atoms with Crippen molar-refractivity contribution in [2.75, 3.05) is 60.2 Å². The number of piperidine rings is 1. The molecular formula is C26H44ClN5O2S. The summed E-state index contributed by atoms with van der Waals surface area (Å²) < 4.78 is 29.1. The van der Waals surface area contributed by atoms with Gasteiger partial charge in [0, 0.05) is 42.9 Å². The van der Waals surface area contributed by atoms with Crippen molar-refractivity contribution in [1.29, 1.82) is 0 Å². The molecule has 1 aromatic carbocycles. The van der Waals surface area contributed by atoms with E-state index in [4.69, 9.17) is 11.6 Å². The summed E-state index contributed by atoms with van der Waals surface area (Å²) in [5, 5.41) is 3.74. The van der Waals surface area contributed by atoms with Crippen LogP contribution in [0.1, 0.15) is 51.4 Å².